The maximum atomic E-state index is 5.61. The molecule has 0 spiro atoms. The minimum absolute atomic E-state index is 0.171. The summed E-state index contributed by atoms with van der Waals surface area (Å²) < 4.78 is 22.0. The third-order valence-corrected chi connectivity index (χ3v) is 5.21. The van der Waals surface area contributed by atoms with Crippen LogP contribution in [0.1, 0.15) is 17.2 Å². The monoisotopic (exact) mass is 353 g/mol. The van der Waals surface area contributed by atoms with E-state index in [0.717, 1.165) is 46.4 Å². The van der Waals surface area contributed by atoms with Crippen molar-refractivity contribution in [3.63, 3.8) is 0 Å². The zero-order valence-corrected chi connectivity index (χ0v) is 15.5. The molecule has 0 saturated heterocycles. The second-order valence-corrected chi connectivity index (χ2v) is 6.44. The van der Waals surface area contributed by atoms with E-state index in [1.807, 2.05) is 6.07 Å². The Balaban J connectivity index is 1.89. The smallest absolute Gasteiger partial charge is 0.169 e. The first-order chi connectivity index (χ1) is 12.7. The Kier molecular flexibility index (Phi) is 4.15. The van der Waals surface area contributed by atoms with E-state index in [2.05, 4.69) is 35.4 Å². The molecule has 1 atom stereocenters. The molecular formula is C21H23NO4. The molecule has 0 radical (unpaired) electrons. The first-order valence-corrected chi connectivity index (χ1v) is 8.65. The Morgan fingerprint density at radius 2 is 1.62 bits per heavy atom. The second kappa shape index (κ2) is 6.48. The van der Waals surface area contributed by atoms with Crippen molar-refractivity contribution in [2.75, 3.05) is 35.0 Å². The first-order valence-electron chi connectivity index (χ1n) is 8.65. The third-order valence-electron chi connectivity index (χ3n) is 5.21. The van der Waals surface area contributed by atoms with E-state index < -0.39 is 0 Å². The van der Waals surface area contributed by atoms with Crippen LogP contribution in [0.3, 0.4) is 0 Å². The van der Waals surface area contributed by atoms with Crippen LogP contribution in [0, 0.1) is 0 Å². The molecule has 0 amide bonds. The number of fused-ring (bicyclic) bond motifs is 4. The number of methoxy groups -OCH3 is 4. The molecule has 2 aliphatic heterocycles. The number of benzene rings is 2. The lowest BCUT2D eigenvalue weighted by Crippen LogP contribution is -2.41. The van der Waals surface area contributed by atoms with Crippen LogP contribution in [0.5, 0.6) is 23.0 Å². The van der Waals surface area contributed by atoms with Gasteiger partial charge in [0.15, 0.2) is 23.0 Å². The van der Waals surface area contributed by atoms with E-state index in [1.54, 1.807) is 28.4 Å². The van der Waals surface area contributed by atoms with Crippen LogP contribution in [0.25, 0.3) is 12.3 Å². The predicted molar refractivity (Wildman–Crippen MR) is 100 cm³/mol. The number of hydrogen-bond acceptors (Lipinski definition) is 5. The topological polar surface area (TPSA) is 40.2 Å². The Hall–Kier alpha value is -2.82. The van der Waals surface area contributed by atoms with Gasteiger partial charge >= 0.3 is 0 Å². The highest BCUT2D eigenvalue weighted by Gasteiger charge is 2.28. The molecule has 5 heteroatoms. The Labute approximate surface area is 153 Å². The second-order valence-electron chi connectivity index (χ2n) is 6.44. The Bertz CT molecular complexity index is 967. The zero-order valence-electron chi connectivity index (χ0n) is 15.5. The van der Waals surface area contributed by atoms with Crippen LogP contribution in [0.15, 0.2) is 24.3 Å². The summed E-state index contributed by atoms with van der Waals surface area (Å²) in [6.07, 6.45) is 5.42. The summed E-state index contributed by atoms with van der Waals surface area (Å²) in [5.74, 6) is 3.07. The van der Waals surface area contributed by atoms with E-state index in [1.165, 1.54) is 11.1 Å². The fraction of sp³-hybridized carbons (Fsp3) is 0.333. The molecule has 4 rings (SSSR count). The molecule has 2 aromatic carbocycles. The highest BCUT2D eigenvalue weighted by atomic mass is 16.5. The molecular weight excluding hydrogens is 330 g/mol. The van der Waals surface area contributed by atoms with Crippen molar-refractivity contribution in [2.45, 2.75) is 12.5 Å². The molecule has 2 aromatic rings. The van der Waals surface area contributed by atoms with Gasteiger partial charge in [0.05, 0.1) is 34.5 Å². The maximum absolute atomic E-state index is 5.61. The summed E-state index contributed by atoms with van der Waals surface area (Å²) in [5.41, 5.74) is 2.56. The number of ether oxygens (including phenoxy) is 4. The number of hydrogen-bond donors (Lipinski definition) is 0. The van der Waals surface area contributed by atoms with Gasteiger partial charge in [0.25, 0.3) is 0 Å². The molecule has 1 unspecified atom stereocenters. The van der Waals surface area contributed by atoms with Crippen LogP contribution in [0.2, 0.25) is 0 Å². The molecule has 136 valence electrons. The highest BCUT2D eigenvalue weighted by Crippen LogP contribution is 2.39. The molecule has 5 nitrogen and oxygen atoms in total. The minimum atomic E-state index is 0.171. The number of nitrogens with zero attached hydrogens (tertiary/aromatic N) is 1. The van der Waals surface area contributed by atoms with E-state index in [9.17, 15) is 0 Å². The van der Waals surface area contributed by atoms with Gasteiger partial charge in [-0.15, -0.1) is 0 Å². The van der Waals surface area contributed by atoms with Gasteiger partial charge in [0.2, 0.25) is 0 Å². The summed E-state index contributed by atoms with van der Waals surface area (Å²) in [7, 11) is 6.70. The van der Waals surface area contributed by atoms with Gasteiger partial charge in [-0.3, -0.25) is 0 Å². The van der Waals surface area contributed by atoms with Crippen molar-refractivity contribution in [3.05, 3.63) is 45.8 Å². The van der Waals surface area contributed by atoms with Crippen LogP contribution in [-0.2, 0) is 6.42 Å². The van der Waals surface area contributed by atoms with Gasteiger partial charge in [-0.2, -0.15) is 0 Å². The van der Waals surface area contributed by atoms with Crippen molar-refractivity contribution in [2.24, 2.45) is 0 Å². The summed E-state index contributed by atoms with van der Waals surface area (Å²) in [6, 6.07) is 8.41. The van der Waals surface area contributed by atoms with Crippen molar-refractivity contribution in [1.82, 2.24) is 4.90 Å². The summed E-state index contributed by atoms with van der Waals surface area (Å²) in [4.78, 5) is 2.35. The molecule has 0 aliphatic carbocycles. The van der Waals surface area contributed by atoms with E-state index in [0.29, 0.717) is 0 Å². The van der Waals surface area contributed by atoms with Crippen molar-refractivity contribution in [3.8, 4) is 23.0 Å². The average Bonchev–Trinajstić information content (AvgIpc) is 2.70. The van der Waals surface area contributed by atoms with Gasteiger partial charge in [0, 0.05) is 18.0 Å². The average molecular weight is 353 g/mol. The van der Waals surface area contributed by atoms with Crippen LogP contribution < -0.4 is 29.4 Å². The molecule has 26 heavy (non-hydrogen) atoms. The fourth-order valence-electron chi connectivity index (χ4n) is 3.91. The lowest BCUT2D eigenvalue weighted by molar-refractivity contribution is 0.330. The zero-order chi connectivity index (χ0) is 18.3. The molecule has 0 bridgehead atoms. The first kappa shape index (κ1) is 16.6. The van der Waals surface area contributed by atoms with Crippen molar-refractivity contribution in [1.29, 1.82) is 0 Å². The van der Waals surface area contributed by atoms with Crippen LogP contribution in [0.4, 0.5) is 0 Å². The Morgan fingerprint density at radius 1 is 0.885 bits per heavy atom. The lowest BCUT2D eigenvalue weighted by Gasteiger charge is -2.37. The standard InChI is InChI=1S/C21H23NO4/c1-23-18-6-5-13-9-17-15-11-20(25-3)19(24-2)10-14(15)7-8-22(17)12-16(13)21(18)26-4/h5-6,9-12,17H,7-8H2,1-4H3. The summed E-state index contributed by atoms with van der Waals surface area (Å²) >= 11 is 0. The Morgan fingerprint density at radius 3 is 2.31 bits per heavy atom. The maximum Gasteiger partial charge on any atom is 0.169 e. The molecule has 0 aromatic heterocycles. The molecule has 0 N–H and O–H groups in total. The quantitative estimate of drug-likeness (QED) is 0.839. The van der Waals surface area contributed by atoms with Crippen molar-refractivity contribution >= 4 is 12.3 Å². The lowest BCUT2D eigenvalue weighted by atomic mass is 9.90. The van der Waals surface area contributed by atoms with Crippen LogP contribution >= 0.6 is 0 Å². The van der Waals surface area contributed by atoms with Gasteiger partial charge in [-0.1, -0.05) is 6.07 Å². The fourth-order valence-corrected chi connectivity index (χ4v) is 3.91. The third kappa shape index (κ3) is 2.46. The largest absolute Gasteiger partial charge is 0.493 e. The van der Waals surface area contributed by atoms with Gasteiger partial charge in [-0.05, 0) is 47.0 Å². The highest BCUT2D eigenvalue weighted by molar-refractivity contribution is 5.59. The predicted octanol–water partition coefficient (Wildman–Crippen LogP) is 1.85. The minimum Gasteiger partial charge on any atom is -0.493 e. The SMILES string of the molecule is COc1cc2c(cc1OC)C1C=c3ccc(OC)c(OC)c3=CN1CC2. The van der Waals surface area contributed by atoms with Gasteiger partial charge in [-0.25, -0.2) is 0 Å². The number of rotatable bonds is 4. The van der Waals surface area contributed by atoms with Gasteiger partial charge in [0.1, 0.15) is 0 Å². The van der Waals surface area contributed by atoms with Crippen molar-refractivity contribution < 1.29 is 18.9 Å². The molecule has 2 heterocycles. The summed E-state index contributed by atoms with van der Waals surface area (Å²) in [6.45, 7) is 0.934. The normalized spacial score (nSPS) is 17.1. The summed E-state index contributed by atoms with van der Waals surface area (Å²) in [5, 5.41) is 2.21. The van der Waals surface area contributed by atoms with E-state index in [4.69, 9.17) is 18.9 Å². The van der Waals surface area contributed by atoms with Crippen LogP contribution in [-0.4, -0.2) is 39.9 Å². The van der Waals surface area contributed by atoms with E-state index in [-0.39, 0.29) is 6.04 Å². The molecule has 0 fully saturated rings. The molecule has 0 saturated carbocycles. The van der Waals surface area contributed by atoms with E-state index >= 15 is 0 Å². The van der Waals surface area contributed by atoms with Gasteiger partial charge < -0.3 is 23.8 Å². The molecule has 2 aliphatic rings.